The first kappa shape index (κ1) is 16.3. The standard InChI is InChI=1S/C17H18ClNO3/c18-15-6-4-13(5-7-15)12-22-16-3-1-2-14(10-16)11-17(21)19-8-9-20/h1-7,10,20H,8-9,11-12H2,(H,19,21). The lowest BCUT2D eigenvalue weighted by molar-refractivity contribution is -0.120. The summed E-state index contributed by atoms with van der Waals surface area (Å²) in [5.41, 5.74) is 1.89. The number of halogens is 1. The van der Waals surface area contributed by atoms with E-state index in [4.69, 9.17) is 21.4 Å². The van der Waals surface area contributed by atoms with Crippen LogP contribution in [-0.2, 0) is 17.8 Å². The molecule has 1 amide bonds. The smallest absolute Gasteiger partial charge is 0.224 e. The first-order valence-electron chi connectivity index (χ1n) is 7.01. The van der Waals surface area contributed by atoms with Crippen molar-refractivity contribution in [2.24, 2.45) is 0 Å². The van der Waals surface area contributed by atoms with Crippen LogP contribution in [0.5, 0.6) is 5.75 Å². The molecule has 2 aromatic carbocycles. The van der Waals surface area contributed by atoms with Crippen molar-refractivity contribution < 1.29 is 14.6 Å². The normalized spacial score (nSPS) is 10.3. The van der Waals surface area contributed by atoms with Gasteiger partial charge in [-0.15, -0.1) is 0 Å². The summed E-state index contributed by atoms with van der Waals surface area (Å²) in [6.45, 7) is 0.652. The summed E-state index contributed by atoms with van der Waals surface area (Å²) in [4.78, 5) is 11.6. The zero-order chi connectivity index (χ0) is 15.8. The Morgan fingerprint density at radius 2 is 1.91 bits per heavy atom. The maximum absolute atomic E-state index is 11.6. The Balaban J connectivity index is 1.90. The summed E-state index contributed by atoms with van der Waals surface area (Å²) in [7, 11) is 0. The molecule has 0 aromatic heterocycles. The highest BCUT2D eigenvalue weighted by Crippen LogP contribution is 2.16. The van der Waals surface area contributed by atoms with E-state index in [1.165, 1.54) is 0 Å². The number of ether oxygens (including phenoxy) is 1. The van der Waals surface area contributed by atoms with Gasteiger partial charge in [0.25, 0.3) is 0 Å². The number of benzene rings is 2. The van der Waals surface area contributed by atoms with Gasteiger partial charge in [0.15, 0.2) is 0 Å². The lowest BCUT2D eigenvalue weighted by Gasteiger charge is -2.08. The van der Waals surface area contributed by atoms with Gasteiger partial charge in [0.1, 0.15) is 12.4 Å². The minimum Gasteiger partial charge on any atom is -0.489 e. The molecule has 0 heterocycles. The molecule has 0 spiro atoms. The highest BCUT2D eigenvalue weighted by Gasteiger charge is 2.04. The van der Waals surface area contributed by atoms with Crippen LogP contribution in [0.4, 0.5) is 0 Å². The molecule has 0 atom stereocenters. The minimum absolute atomic E-state index is 0.0595. The molecule has 116 valence electrons. The van der Waals surface area contributed by atoms with Gasteiger partial charge in [0.2, 0.25) is 5.91 Å². The fourth-order valence-corrected chi connectivity index (χ4v) is 2.06. The number of hydrogen-bond acceptors (Lipinski definition) is 3. The summed E-state index contributed by atoms with van der Waals surface area (Å²) in [6, 6.07) is 14.9. The minimum atomic E-state index is -0.121. The van der Waals surface area contributed by atoms with Crippen molar-refractivity contribution in [2.45, 2.75) is 13.0 Å². The van der Waals surface area contributed by atoms with Crippen LogP contribution in [-0.4, -0.2) is 24.2 Å². The molecule has 0 fully saturated rings. The van der Waals surface area contributed by atoms with Gasteiger partial charge in [-0.25, -0.2) is 0 Å². The maximum Gasteiger partial charge on any atom is 0.224 e. The molecule has 0 aliphatic rings. The van der Waals surface area contributed by atoms with Crippen molar-refractivity contribution in [3.05, 3.63) is 64.7 Å². The Kier molecular flexibility index (Phi) is 6.25. The van der Waals surface area contributed by atoms with Crippen LogP contribution < -0.4 is 10.1 Å². The van der Waals surface area contributed by atoms with Crippen molar-refractivity contribution in [3.8, 4) is 5.75 Å². The predicted octanol–water partition coefficient (Wildman–Crippen LogP) is 2.57. The van der Waals surface area contributed by atoms with Gasteiger partial charge >= 0.3 is 0 Å². The van der Waals surface area contributed by atoms with Crippen LogP contribution in [0.2, 0.25) is 5.02 Å². The van der Waals surface area contributed by atoms with Crippen LogP contribution in [0.25, 0.3) is 0 Å². The molecule has 0 bridgehead atoms. The van der Waals surface area contributed by atoms with Gasteiger partial charge in [-0.05, 0) is 35.4 Å². The quantitative estimate of drug-likeness (QED) is 0.824. The summed E-state index contributed by atoms with van der Waals surface area (Å²) in [6.07, 6.45) is 0.262. The van der Waals surface area contributed by atoms with Crippen molar-refractivity contribution in [1.82, 2.24) is 5.32 Å². The molecule has 2 N–H and O–H groups in total. The highest BCUT2D eigenvalue weighted by atomic mass is 35.5. The van der Waals surface area contributed by atoms with Crippen LogP contribution >= 0.6 is 11.6 Å². The van der Waals surface area contributed by atoms with Gasteiger partial charge in [0, 0.05) is 11.6 Å². The average Bonchev–Trinajstić information content (AvgIpc) is 2.53. The number of hydrogen-bond donors (Lipinski definition) is 2. The number of carbonyl (C=O) groups is 1. The van der Waals surface area contributed by atoms with Crippen molar-refractivity contribution in [2.75, 3.05) is 13.2 Å². The number of aliphatic hydroxyl groups excluding tert-OH is 1. The van der Waals surface area contributed by atoms with E-state index in [-0.39, 0.29) is 25.5 Å². The fourth-order valence-electron chi connectivity index (χ4n) is 1.94. The highest BCUT2D eigenvalue weighted by molar-refractivity contribution is 6.30. The van der Waals surface area contributed by atoms with Crippen LogP contribution in [0.15, 0.2) is 48.5 Å². The predicted molar refractivity (Wildman–Crippen MR) is 86.0 cm³/mol. The molecule has 2 rings (SSSR count). The van der Waals surface area contributed by atoms with Crippen molar-refractivity contribution in [3.63, 3.8) is 0 Å². The van der Waals surface area contributed by atoms with E-state index in [1.54, 1.807) is 0 Å². The molecule has 0 radical (unpaired) electrons. The van der Waals surface area contributed by atoms with Gasteiger partial charge in [-0.2, -0.15) is 0 Å². The van der Waals surface area contributed by atoms with Crippen LogP contribution in [0, 0.1) is 0 Å². The van der Waals surface area contributed by atoms with E-state index in [9.17, 15) is 4.79 Å². The number of aliphatic hydroxyl groups is 1. The Morgan fingerprint density at radius 3 is 2.64 bits per heavy atom. The Bertz CT molecular complexity index is 614. The summed E-state index contributed by atoms with van der Waals surface area (Å²) < 4.78 is 5.72. The molecule has 22 heavy (non-hydrogen) atoms. The van der Waals surface area contributed by atoms with Gasteiger partial charge in [-0.3, -0.25) is 4.79 Å². The van der Waals surface area contributed by atoms with Crippen LogP contribution in [0.3, 0.4) is 0 Å². The summed E-state index contributed by atoms with van der Waals surface area (Å²) in [5.74, 6) is 0.589. The molecule has 0 saturated carbocycles. The molecule has 2 aromatic rings. The van der Waals surface area contributed by atoms with Crippen molar-refractivity contribution in [1.29, 1.82) is 0 Å². The molecule has 0 unspecified atom stereocenters. The van der Waals surface area contributed by atoms with E-state index < -0.39 is 0 Å². The third kappa shape index (κ3) is 5.39. The third-order valence-corrected chi connectivity index (χ3v) is 3.27. The molecular weight excluding hydrogens is 302 g/mol. The van der Waals surface area contributed by atoms with E-state index >= 15 is 0 Å². The average molecular weight is 320 g/mol. The van der Waals surface area contributed by atoms with Crippen molar-refractivity contribution >= 4 is 17.5 Å². The maximum atomic E-state index is 11.6. The Morgan fingerprint density at radius 1 is 1.14 bits per heavy atom. The van der Waals surface area contributed by atoms with E-state index in [0.29, 0.717) is 17.4 Å². The van der Waals surface area contributed by atoms with Crippen LogP contribution in [0.1, 0.15) is 11.1 Å². The first-order chi connectivity index (χ1) is 10.7. The SMILES string of the molecule is O=C(Cc1cccc(OCc2ccc(Cl)cc2)c1)NCCO. The second kappa shape index (κ2) is 8.41. The van der Waals surface area contributed by atoms with E-state index in [0.717, 1.165) is 11.1 Å². The van der Waals surface area contributed by atoms with Gasteiger partial charge in [0.05, 0.1) is 13.0 Å². The molecular formula is C17H18ClNO3. The summed E-state index contributed by atoms with van der Waals surface area (Å²) >= 11 is 5.84. The number of nitrogens with one attached hydrogen (secondary N) is 1. The number of amides is 1. The topological polar surface area (TPSA) is 58.6 Å². The number of carbonyl (C=O) groups excluding carboxylic acids is 1. The zero-order valence-electron chi connectivity index (χ0n) is 12.1. The lowest BCUT2D eigenvalue weighted by Crippen LogP contribution is -2.27. The monoisotopic (exact) mass is 319 g/mol. The van der Waals surface area contributed by atoms with Gasteiger partial charge < -0.3 is 15.2 Å². The third-order valence-electron chi connectivity index (χ3n) is 3.02. The first-order valence-corrected chi connectivity index (χ1v) is 7.39. The fraction of sp³-hybridized carbons (Fsp3) is 0.235. The molecule has 0 aliphatic carbocycles. The second-order valence-electron chi connectivity index (χ2n) is 4.81. The zero-order valence-corrected chi connectivity index (χ0v) is 12.8. The molecule has 0 saturated heterocycles. The van der Waals surface area contributed by atoms with E-state index in [2.05, 4.69) is 5.32 Å². The molecule has 5 heteroatoms. The summed E-state index contributed by atoms with van der Waals surface area (Å²) in [5, 5.41) is 12.0. The Hall–Kier alpha value is -2.04. The second-order valence-corrected chi connectivity index (χ2v) is 5.25. The number of rotatable bonds is 7. The lowest BCUT2D eigenvalue weighted by atomic mass is 10.1. The molecule has 0 aliphatic heterocycles. The van der Waals surface area contributed by atoms with Gasteiger partial charge in [-0.1, -0.05) is 35.9 Å². The van der Waals surface area contributed by atoms with E-state index in [1.807, 2.05) is 48.5 Å². The Labute approximate surface area is 134 Å². The molecule has 4 nitrogen and oxygen atoms in total. The largest absolute Gasteiger partial charge is 0.489 e.